The van der Waals surface area contributed by atoms with Crippen LogP contribution in [0.3, 0.4) is 0 Å². The van der Waals surface area contributed by atoms with Crippen molar-refractivity contribution in [3.8, 4) is 0 Å². The van der Waals surface area contributed by atoms with E-state index in [-0.39, 0.29) is 0 Å². The highest BCUT2D eigenvalue weighted by molar-refractivity contribution is 14.1. The van der Waals surface area contributed by atoms with Gasteiger partial charge >= 0.3 is 0 Å². The number of hydrogen-bond donors (Lipinski definition) is 2. The molecule has 0 saturated heterocycles. The van der Waals surface area contributed by atoms with Gasteiger partial charge in [0.25, 0.3) is 0 Å². The number of alkyl halides is 1. The lowest BCUT2D eigenvalue weighted by Crippen LogP contribution is -2.31. The van der Waals surface area contributed by atoms with Crippen LogP contribution in [0, 0.1) is 6.92 Å². The van der Waals surface area contributed by atoms with Gasteiger partial charge in [0.15, 0.2) is 3.67 Å². The molecule has 0 saturated carbocycles. The highest BCUT2D eigenvalue weighted by Crippen LogP contribution is 2.33. The molecular formula is C21H22IN5. The largest absolute Gasteiger partial charge is 0.353 e. The summed E-state index contributed by atoms with van der Waals surface area (Å²) in [6, 6.07) is 10.2. The minimum absolute atomic E-state index is 0.439. The van der Waals surface area contributed by atoms with E-state index in [4.69, 9.17) is 9.98 Å². The van der Waals surface area contributed by atoms with Crippen LogP contribution in [-0.4, -0.2) is 24.3 Å². The van der Waals surface area contributed by atoms with E-state index in [0.29, 0.717) is 0 Å². The van der Waals surface area contributed by atoms with Crippen LogP contribution in [0.5, 0.6) is 0 Å². The molecule has 138 valence electrons. The van der Waals surface area contributed by atoms with Gasteiger partial charge in [0.2, 0.25) is 0 Å². The lowest BCUT2D eigenvalue weighted by atomic mass is 10.1. The number of aromatic nitrogens is 3. The van der Waals surface area contributed by atoms with Gasteiger partial charge in [0, 0.05) is 24.7 Å². The van der Waals surface area contributed by atoms with Gasteiger partial charge in [-0.3, -0.25) is 4.98 Å². The van der Waals surface area contributed by atoms with Crippen LogP contribution >= 0.6 is 22.6 Å². The number of pyridine rings is 1. The Kier molecular flexibility index (Phi) is 4.99. The molecule has 0 aliphatic carbocycles. The average Bonchev–Trinajstić information content (AvgIpc) is 3.05. The predicted octanol–water partition coefficient (Wildman–Crippen LogP) is 5.17. The number of rotatable bonds is 5. The van der Waals surface area contributed by atoms with Gasteiger partial charge in [0.05, 0.1) is 22.4 Å². The van der Waals surface area contributed by atoms with Crippen molar-refractivity contribution in [3.05, 3.63) is 65.8 Å². The van der Waals surface area contributed by atoms with E-state index in [2.05, 4.69) is 69.9 Å². The molecule has 27 heavy (non-hydrogen) atoms. The number of H-pyrrole nitrogens is 1. The Morgan fingerprint density at radius 2 is 2.19 bits per heavy atom. The fourth-order valence-electron chi connectivity index (χ4n) is 3.33. The van der Waals surface area contributed by atoms with Crippen LogP contribution in [0.2, 0.25) is 0 Å². The minimum atomic E-state index is -0.439. The monoisotopic (exact) mass is 471 g/mol. The summed E-state index contributed by atoms with van der Waals surface area (Å²) in [5, 5.41) is 3.60. The lowest BCUT2D eigenvalue weighted by molar-refractivity contribution is 0.738. The van der Waals surface area contributed by atoms with E-state index >= 15 is 0 Å². The molecule has 3 heterocycles. The summed E-state index contributed by atoms with van der Waals surface area (Å²) >= 11 is 2.39. The van der Waals surface area contributed by atoms with Crippen LogP contribution in [0.4, 0.5) is 5.69 Å². The molecule has 0 fully saturated rings. The molecule has 3 aromatic rings. The van der Waals surface area contributed by atoms with E-state index in [1.54, 1.807) is 6.20 Å². The molecule has 6 heteroatoms. The molecule has 1 aliphatic heterocycles. The number of benzene rings is 1. The molecule has 1 aromatic carbocycles. The first-order valence-corrected chi connectivity index (χ1v) is 10.3. The van der Waals surface area contributed by atoms with Crippen molar-refractivity contribution in [1.29, 1.82) is 0 Å². The number of aryl methyl sites for hydroxylation is 2. The average molecular weight is 471 g/mol. The predicted molar refractivity (Wildman–Crippen MR) is 120 cm³/mol. The van der Waals surface area contributed by atoms with Gasteiger partial charge in [-0.25, -0.2) is 9.98 Å². The van der Waals surface area contributed by atoms with Crippen LogP contribution in [0.15, 0.2) is 53.7 Å². The van der Waals surface area contributed by atoms with E-state index in [0.717, 1.165) is 58.8 Å². The number of nitrogens with zero attached hydrogens (tertiary/aromatic N) is 3. The third-order valence-electron chi connectivity index (χ3n) is 4.54. The van der Waals surface area contributed by atoms with Crippen molar-refractivity contribution in [2.24, 2.45) is 4.99 Å². The van der Waals surface area contributed by atoms with E-state index in [1.165, 1.54) is 0 Å². The maximum Gasteiger partial charge on any atom is 0.185 e. The number of nitrogens with one attached hydrogen (secondary N) is 2. The second-order valence-electron chi connectivity index (χ2n) is 6.83. The Labute approximate surface area is 172 Å². The maximum atomic E-state index is 4.94. The van der Waals surface area contributed by atoms with Crippen LogP contribution in [0.1, 0.15) is 36.8 Å². The topological polar surface area (TPSA) is 66.0 Å². The van der Waals surface area contributed by atoms with Crippen LogP contribution in [0.25, 0.3) is 11.0 Å². The maximum absolute atomic E-state index is 4.94. The van der Waals surface area contributed by atoms with Crippen LogP contribution in [-0.2, 0) is 6.42 Å². The Morgan fingerprint density at radius 3 is 2.96 bits per heavy atom. The molecule has 0 radical (unpaired) electrons. The Hall–Kier alpha value is -2.22. The highest BCUT2D eigenvalue weighted by Gasteiger charge is 2.28. The molecule has 2 aromatic heterocycles. The van der Waals surface area contributed by atoms with E-state index in [9.17, 15) is 0 Å². The highest BCUT2D eigenvalue weighted by atomic mass is 127. The van der Waals surface area contributed by atoms with Crippen molar-refractivity contribution in [2.45, 2.75) is 36.8 Å². The molecule has 4 rings (SSSR count). The molecule has 1 aliphatic rings. The van der Waals surface area contributed by atoms with Gasteiger partial charge in [-0.15, -0.1) is 0 Å². The molecule has 1 atom stereocenters. The fraction of sp³-hybridized carbons (Fsp3) is 0.286. The lowest BCUT2D eigenvalue weighted by Gasteiger charge is -2.28. The third kappa shape index (κ3) is 3.90. The van der Waals surface area contributed by atoms with Gasteiger partial charge in [-0.2, -0.15) is 0 Å². The zero-order chi connectivity index (χ0) is 18.9. The van der Waals surface area contributed by atoms with Crippen molar-refractivity contribution in [1.82, 2.24) is 15.0 Å². The number of aromatic amines is 1. The Bertz CT molecular complexity index is 1020. The van der Waals surface area contributed by atoms with E-state index in [1.807, 2.05) is 24.3 Å². The fourth-order valence-corrected chi connectivity index (χ4v) is 4.15. The van der Waals surface area contributed by atoms with Crippen LogP contribution < -0.4 is 5.32 Å². The number of fused-ring (bicyclic) bond motifs is 1. The number of hydrogen-bond acceptors (Lipinski definition) is 4. The van der Waals surface area contributed by atoms with E-state index < -0.39 is 3.67 Å². The van der Waals surface area contributed by atoms with Crippen molar-refractivity contribution >= 4 is 45.0 Å². The molecular weight excluding hydrogens is 449 g/mol. The Balaban J connectivity index is 1.64. The van der Waals surface area contributed by atoms with Crippen molar-refractivity contribution in [3.63, 3.8) is 0 Å². The number of halogens is 1. The summed E-state index contributed by atoms with van der Waals surface area (Å²) < 4.78 is -0.439. The molecule has 0 bridgehead atoms. The second-order valence-corrected chi connectivity index (χ2v) is 8.61. The first-order valence-electron chi connectivity index (χ1n) is 9.20. The summed E-state index contributed by atoms with van der Waals surface area (Å²) in [7, 11) is 0. The third-order valence-corrected chi connectivity index (χ3v) is 5.49. The summed E-state index contributed by atoms with van der Waals surface area (Å²) in [5.74, 6) is 1.05. The first kappa shape index (κ1) is 18.2. The summed E-state index contributed by atoms with van der Waals surface area (Å²) in [4.78, 5) is 17.5. The second kappa shape index (κ2) is 7.42. The van der Waals surface area contributed by atoms with Gasteiger partial charge in [-0.1, -0.05) is 19.1 Å². The smallest absolute Gasteiger partial charge is 0.185 e. The number of aliphatic imine (C=N–C) groups is 1. The number of allylic oxidation sites excluding steroid dienone is 1. The van der Waals surface area contributed by atoms with Gasteiger partial charge in [0.1, 0.15) is 5.82 Å². The number of anilines is 1. The summed E-state index contributed by atoms with van der Waals surface area (Å²) in [6.45, 7) is 4.27. The standard InChI is InChI=1S/C21H22IN5/c1-3-7-19-24-18-13-15(12-14(2)20(18)25-19)26-21(22)10-6-9-17(27-21)16-8-4-5-11-23-16/h4-6,8-9,11-13,26H,3,7,10H2,1-2H3,(H,24,25). The van der Waals surface area contributed by atoms with Crippen molar-refractivity contribution in [2.75, 3.05) is 5.32 Å². The molecule has 0 spiro atoms. The minimum Gasteiger partial charge on any atom is -0.353 e. The molecule has 5 nitrogen and oxygen atoms in total. The zero-order valence-electron chi connectivity index (χ0n) is 15.5. The Morgan fingerprint density at radius 1 is 1.30 bits per heavy atom. The zero-order valence-corrected chi connectivity index (χ0v) is 17.6. The quantitative estimate of drug-likeness (QED) is 0.307. The summed E-state index contributed by atoms with van der Waals surface area (Å²) in [5.41, 5.74) is 6.11. The number of imidazole rings is 1. The van der Waals surface area contributed by atoms with Gasteiger partial charge < -0.3 is 10.3 Å². The number of dihydropyridines is 1. The summed E-state index contributed by atoms with van der Waals surface area (Å²) in [6.07, 6.45) is 8.85. The molecule has 1 unspecified atom stereocenters. The van der Waals surface area contributed by atoms with Gasteiger partial charge in [-0.05, 0) is 71.8 Å². The SMILES string of the molecule is CCCc1nc2c(C)cc(NC3(I)CC=CC(c4ccccn4)=N3)cc2[nH]1. The molecule has 0 amide bonds. The first-order chi connectivity index (χ1) is 13.1. The van der Waals surface area contributed by atoms with Crippen molar-refractivity contribution < 1.29 is 0 Å². The molecule has 2 N–H and O–H groups in total. The normalized spacial score (nSPS) is 19.3.